The third-order valence-corrected chi connectivity index (χ3v) is 5.29. The minimum absolute atomic E-state index is 0.299. The molecular formula is C21H12F4N2OS. The molecule has 1 heterocycles. The molecule has 0 spiro atoms. The zero-order chi connectivity index (χ0) is 20.5. The summed E-state index contributed by atoms with van der Waals surface area (Å²) < 4.78 is 54.5. The molecular weight excluding hydrogens is 404 g/mol. The number of para-hydroxylation sites is 1. The number of thiazole rings is 1. The van der Waals surface area contributed by atoms with Gasteiger partial charge in [0.1, 0.15) is 0 Å². The van der Waals surface area contributed by atoms with Crippen LogP contribution in [0.2, 0.25) is 0 Å². The zero-order valence-corrected chi connectivity index (χ0v) is 15.5. The number of anilines is 1. The number of amides is 1. The van der Waals surface area contributed by atoms with Crippen molar-refractivity contribution in [1.29, 1.82) is 0 Å². The molecule has 0 saturated carbocycles. The van der Waals surface area contributed by atoms with Crippen LogP contribution in [0.1, 0.15) is 20.9 Å². The Morgan fingerprint density at radius 3 is 2.38 bits per heavy atom. The topological polar surface area (TPSA) is 42.0 Å². The Labute approximate surface area is 166 Å². The number of carbonyl (C=O) groups is 1. The van der Waals surface area contributed by atoms with Crippen LogP contribution < -0.4 is 5.32 Å². The molecule has 0 aliphatic heterocycles. The highest BCUT2D eigenvalue weighted by molar-refractivity contribution is 7.18. The lowest BCUT2D eigenvalue weighted by Gasteiger charge is -2.08. The van der Waals surface area contributed by atoms with Crippen LogP contribution in [0.5, 0.6) is 0 Å². The van der Waals surface area contributed by atoms with Gasteiger partial charge in [0, 0.05) is 12.1 Å². The third-order valence-electron chi connectivity index (χ3n) is 4.25. The van der Waals surface area contributed by atoms with E-state index in [1.807, 2.05) is 24.3 Å². The Kier molecular flexibility index (Phi) is 5.02. The van der Waals surface area contributed by atoms with Crippen molar-refractivity contribution in [3.05, 3.63) is 94.0 Å². The fourth-order valence-corrected chi connectivity index (χ4v) is 3.81. The minimum atomic E-state index is -2.03. The molecule has 0 bridgehead atoms. The van der Waals surface area contributed by atoms with E-state index >= 15 is 0 Å². The van der Waals surface area contributed by atoms with Crippen LogP contribution in [-0.2, 0) is 6.42 Å². The number of hydrogen-bond donors (Lipinski definition) is 1. The lowest BCUT2D eigenvalue weighted by atomic mass is 10.1. The van der Waals surface area contributed by atoms with Gasteiger partial charge in [-0.25, -0.2) is 22.5 Å². The summed E-state index contributed by atoms with van der Waals surface area (Å²) in [6.07, 6.45) is 0.594. The van der Waals surface area contributed by atoms with E-state index in [-0.39, 0.29) is 0 Å². The molecule has 0 atom stereocenters. The molecule has 0 fully saturated rings. The molecule has 29 heavy (non-hydrogen) atoms. The Balaban J connectivity index is 1.49. The zero-order valence-electron chi connectivity index (χ0n) is 14.7. The van der Waals surface area contributed by atoms with Gasteiger partial charge >= 0.3 is 0 Å². The van der Waals surface area contributed by atoms with Gasteiger partial charge in [-0.15, -0.1) is 11.3 Å². The molecule has 8 heteroatoms. The second kappa shape index (κ2) is 7.63. The van der Waals surface area contributed by atoms with Crippen molar-refractivity contribution in [2.75, 3.05) is 5.32 Å². The van der Waals surface area contributed by atoms with Crippen LogP contribution >= 0.6 is 11.3 Å². The van der Waals surface area contributed by atoms with E-state index in [9.17, 15) is 22.4 Å². The van der Waals surface area contributed by atoms with E-state index in [1.165, 1.54) is 0 Å². The Bertz CT molecular complexity index is 1190. The fraction of sp³-hybridized carbons (Fsp3) is 0.0476. The van der Waals surface area contributed by atoms with E-state index in [0.29, 0.717) is 18.2 Å². The summed E-state index contributed by atoms with van der Waals surface area (Å²) in [6, 6.07) is 14.8. The van der Waals surface area contributed by atoms with E-state index in [4.69, 9.17) is 0 Å². The molecule has 0 aliphatic rings. The Morgan fingerprint density at radius 2 is 1.66 bits per heavy atom. The van der Waals surface area contributed by atoms with Gasteiger partial charge in [-0.2, -0.15) is 0 Å². The van der Waals surface area contributed by atoms with Crippen LogP contribution in [0.15, 0.2) is 54.6 Å². The summed E-state index contributed by atoms with van der Waals surface area (Å²) in [5, 5.41) is 3.27. The second-order valence-corrected chi connectivity index (χ2v) is 7.37. The first-order chi connectivity index (χ1) is 13.9. The molecule has 3 nitrogen and oxygen atoms in total. The molecule has 0 radical (unpaired) electrons. The minimum Gasteiger partial charge on any atom is -0.322 e. The third kappa shape index (κ3) is 3.84. The summed E-state index contributed by atoms with van der Waals surface area (Å²) in [5.41, 5.74) is 1.25. The van der Waals surface area contributed by atoms with E-state index < -0.39 is 34.7 Å². The van der Waals surface area contributed by atoms with E-state index in [0.717, 1.165) is 20.8 Å². The van der Waals surface area contributed by atoms with Crippen molar-refractivity contribution in [1.82, 2.24) is 4.98 Å². The molecule has 0 aliphatic carbocycles. The summed E-state index contributed by atoms with van der Waals surface area (Å²) in [7, 11) is 0. The van der Waals surface area contributed by atoms with Crippen LogP contribution in [-0.4, -0.2) is 10.9 Å². The van der Waals surface area contributed by atoms with Gasteiger partial charge in [0.05, 0.1) is 20.8 Å². The van der Waals surface area contributed by atoms with Gasteiger partial charge in [0.15, 0.2) is 23.3 Å². The van der Waals surface area contributed by atoms with Crippen LogP contribution in [0.3, 0.4) is 0 Å². The van der Waals surface area contributed by atoms with Crippen LogP contribution in [0.25, 0.3) is 10.2 Å². The Morgan fingerprint density at radius 1 is 0.931 bits per heavy atom. The maximum absolute atomic E-state index is 13.7. The fourth-order valence-electron chi connectivity index (χ4n) is 2.81. The van der Waals surface area contributed by atoms with Gasteiger partial charge in [-0.3, -0.25) is 4.79 Å². The predicted octanol–water partition coefficient (Wildman–Crippen LogP) is 5.70. The summed E-state index contributed by atoms with van der Waals surface area (Å²) in [6.45, 7) is 0. The molecule has 146 valence electrons. The maximum atomic E-state index is 13.7. The van der Waals surface area contributed by atoms with Crippen LogP contribution in [0, 0.1) is 23.3 Å². The molecule has 0 saturated heterocycles. The quantitative estimate of drug-likeness (QED) is 0.264. The number of carbonyl (C=O) groups excluding carboxylic acids is 1. The molecule has 4 rings (SSSR count). The van der Waals surface area contributed by atoms with Crippen molar-refractivity contribution >= 4 is 33.1 Å². The average Bonchev–Trinajstić information content (AvgIpc) is 3.12. The van der Waals surface area contributed by atoms with Crippen molar-refractivity contribution in [2.45, 2.75) is 6.42 Å². The van der Waals surface area contributed by atoms with Crippen molar-refractivity contribution < 1.29 is 22.4 Å². The number of benzene rings is 3. The van der Waals surface area contributed by atoms with Crippen LogP contribution in [0.4, 0.5) is 23.2 Å². The van der Waals surface area contributed by atoms with E-state index in [2.05, 4.69) is 10.3 Å². The molecule has 1 N–H and O–H groups in total. The monoisotopic (exact) mass is 416 g/mol. The van der Waals surface area contributed by atoms with Gasteiger partial charge in [0.25, 0.3) is 5.91 Å². The number of fused-ring (bicyclic) bond motifs is 1. The average molecular weight is 416 g/mol. The molecule has 1 aromatic heterocycles. The van der Waals surface area contributed by atoms with Gasteiger partial charge in [-0.1, -0.05) is 24.3 Å². The second-order valence-electron chi connectivity index (χ2n) is 6.25. The highest BCUT2D eigenvalue weighted by Crippen LogP contribution is 2.24. The standard InChI is InChI=1S/C21H12F4N2OS/c22-14-10-13(18(23)20(25)19(14)24)21(28)26-12-7-5-11(6-8-12)9-17-27-15-3-1-2-4-16(15)29-17/h1-8,10H,9H2,(H,26,28). The first-order valence-electron chi connectivity index (χ1n) is 8.50. The Hall–Kier alpha value is -3.26. The first-order valence-corrected chi connectivity index (χ1v) is 9.32. The summed E-state index contributed by atoms with van der Waals surface area (Å²) in [5.74, 6) is -8.45. The number of hydrogen-bond acceptors (Lipinski definition) is 3. The van der Waals surface area contributed by atoms with Gasteiger partial charge < -0.3 is 5.32 Å². The summed E-state index contributed by atoms with van der Waals surface area (Å²) >= 11 is 1.59. The molecule has 3 aromatic carbocycles. The number of halogens is 4. The SMILES string of the molecule is O=C(Nc1ccc(Cc2nc3ccccc3s2)cc1)c1cc(F)c(F)c(F)c1F. The highest BCUT2D eigenvalue weighted by atomic mass is 32.1. The maximum Gasteiger partial charge on any atom is 0.258 e. The number of rotatable bonds is 4. The lowest BCUT2D eigenvalue weighted by molar-refractivity contribution is 0.102. The highest BCUT2D eigenvalue weighted by Gasteiger charge is 2.23. The molecule has 0 unspecified atom stereocenters. The molecule has 1 amide bonds. The predicted molar refractivity (Wildman–Crippen MR) is 103 cm³/mol. The van der Waals surface area contributed by atoms with Gasteiger partial charge in [0.2, 0.25) is 0 Å². The van der Waals surface area contributed by atoms with Crippen molar-refractivity contribution in [2.24, 2.45) is 0 Å². The smallest absolute Gasteiger partial charge is 0.258 e. The van der Waals surface area contributed by atoms with Crippen molar-refractivity contribution in [3.63, 3.8) is 0 Å². The normalized spacial score (nSPS) is 11.0. The number of aromatic nitrogens is 1. The van der Waals surface area contributed by atoms with Crippen molar-refractivity contribution in [3.8, 4) is 0 Å². The van der Waals surface area contributed by atoms with E-state index in [1.54, 1.807) is 35.6 Å². The molecule has 4 aromatic rings. The first kappa shape index (κ1) is 19.1. The largest absolute Gasteiger partial charge is 0.322 e. The summed E-state index contributed by atoms with van der Waals surface area (Å²) in [4.78, 5) is 16.7. The number of nitrogens with one attached hydrogen (secondary N) is 1. The lowest BCUT2D eigenvalue weighted by Crippen LogP contribution is -2.16. The van der Waals surface area contributed by atoms with Gasteiger partial charge in [-0.05, 0) is 35.9 Å². The number of nitrogens with zero attached hydrogens (tertiary/aromatic N) is 1.